The molecule has 1 atom stereocenters. The maximum Gasteiger partial charge on any atom is 0.258 e. The van der Waals surface area contributed by atoms with E-state index in [9.17, 15) is 4.79 Å². The Hall–Kier alpha value is -2.29. The van der Waals surface area contributed by atoms with Crippen molar-refractivity contribution in [2.45, 2.75) is 38.1 Å². The third kappa shape index (κ3) is 3.35. The highest BCUT2D eigenvalue weighted by Gasteiger charge is 2.48. The van der Waals surface area contributed by atoms with Crippen molar-refractivity contribution < 1.29 is 4.79 Å². The number of fused-ring (bicyclic) bond motifs is 1. The number of carbonyl (C=O) groups excluding carboxylic acids is 1. The van der Waals surface area contributed by atoms with E-state index in [1.807, 2.05) is 65.6 Å². The molecule has 0 fully saturated rings. The lowest BCUT2D eigenvalue weighted by atomic mass is 9.65. The molecule has 2 nitrogen and oxygen atoms in total. The molecule has 0 N–H and O–H groups in total. The number of anilines is 1. The predicted octanol–water partition coefficient (Wildman–Crippen LogP) is 7.13. The second-order valence-corrected chi connectivity index (χ2v) is 9.31. The average Bonchev–Trinajstić information content (AvgIpc) is 2.67. The lowest BCUT2D eigenvalue weighted by Crippen LogP contribution is -2.55. The topological polar surface area (TPSA) is 20.3 Å². The minimum atomic E-state index is -0.418. The Bertz CT molecular complexity index is 1080. The maximum atomic E-state index is 13.5. The fourth-order valence-electron chi connectivity index (χ4n) is 4.77. The quantitative estimate of drug-likeness (QED) is 0.429. The second-order valence-electron chi connectivity index (χ2n) is 8.47. The molecule has 0 spiro atoms. The van der Waals surface area contributed by atoms with Crippen molar-refractivity contribution in [2.24, 2.45) is 0 Å². The molecule has 0 radical (unpaired) electrons. The summed E-state index contributed by atoms with van der Waals surface area (Å²) >= 11 is 12.8. The van der Waals surface area contributed by atoms with Crippen LogP contribution in [0.1, 0.15) is 48.7 Å². The summed E-state index contributed by atoms with van der Waals surface area (Å²) in [5.41, 5.74) is 2.95. The molecule has 29 heavy (non-hydrogen) atoms. The van der Waals surface area contributed by atoms with Gasteiger partial charge in [-0.2, -0.15) is 0 Å². The third-order valence-electron chi connectivity index (χ3n) is 5.88. The lowest BCUT2D eigenvalue weighted by Gasteiger charge is -2.51. The van der Waals surface area contributed by atoms with Gasteiger partial charge in [0.2, 0.25) is 0 Å². The molecule has 3 aromatic rings. The van der Waals surface area contributed by atoms with Crippen molar-refractivity contribution in [2.75, 3.05) is 4.90 Å². The van der Waals surface area contributed by atoms with Crippen LogP contribution in [0.15, 0.2) is 72.8 Å². The number of halogens is 2. The first-order valence-corrected chi connectivity index (χ1v) is 10.4. The van der Waals surface area contributed by atoms with Crippen LogP contribution in [0, 0.1) is 0 Å². The number of rotatable bonds is 2. The summed E-state index contributed by atoms with van der Waals surface area (Å²) in [7, 11) is 0. The van der Waals surface area contributed by atoms with Gasteiger partial charge >= 0.3 is 0 Å². The van der Waals surface area contributed by atoms with Crippen molar-refractivity contribution in [3.63, 3.8) is 0 Å². The Morgan fingerprint density at radius 3 is 2.21 bits per heavy atom. The summed E-state index contributed by atoms with van der Waals surface area (Å²) in [6, 6.07) is 23.3. The van der Waals surface area contributed by atoms with E-state index in [1.165, 1.54) is 0 Å². The SMILES string of the molecule is CC1(C)C[C@](C)(c2ccc(Cl)cc2Cl)c2ccccc2N1C(=O)c1ccccc1. The molecule has 0 aromatic heterocycles. The van der Waals surface area contributed by atoms with E-state index in [0.717, 1.165) is 23.2 Å². The summed E-state index contributed by atoms with van der Waals surface area (Å²) in [4.78, 5) is 15.5. The standard InChI is InChI=1S/C25H23Cl2NO/c1-24(2)16-25(3,19-14-13-18(26)15-21(19)27)20-11-7-8-12-22(20)28(24)23(29)17-9-5-4-6-10-17/h4-15H,16H2,1-3H3/t25-/m1/s1. The first kappa shape index (κ1) is 20.0. The molecule has 0 bridgehead atoms. The van der Waals surface area contributed by atoms with Gasteiger partial charge in [-0.25, -0.2) is 0 Å². The van der Waals surface area contributed by atoms with E-state index in [1.54, 1.807) is 6.07 Å². The van der Waals surface area contributed by atoms with Crippen LogP contribution >= 0.6 is 23.2 Å². The van der Waals surface area contributed by atoms with Crippen molar-refractivity contribution >= 4 is 34.8 Å². The van der Waals surface area contributed by atoms with Gasteiger partial charge in [-0.15, -0.1) is 0 Å². The van der Waals surface area contributed by atoms with Gasteiger partial charge in [0.25, 0.3) is 5.91 Å². The molecule has 4 rings (SSSR count). The summed E-state index contributed by atoms with van der Waals surface area (Å²) in [6.07, 6.45) is 0.733. The van der Waals surface area contributed by atoms with Crippen LogP contribution < -0.4 is 4.90 Å². The van der Waals surface area contributed by atoms with Crippen LogP contribution in [-0.4, -0.2) is 11.4 Å². The van der Waals surface area contributed by atoms with E-state index < -0.39 is 5.54 Å². The molecule has 1 aliphatic rings. The van der Waals surface area contributed by atoms with Crippen molar-refractivity contribution in [3.05, 3.63) is 99.5 Å². The van der Waals surface area contributed by atoms with Gasteiger partial charge < -0.3 is 4.90 Å². The Labute approximate surface area is 182 Å². The zero-order valence-electron chi connectivity index (χ0n) is 16.7. The Kier molecular flexibility index (Phi) is 4.96. The highest BCUT2D eigenvalue weighted by Crippen LogP contribution is 2.52. The van der Waals surface area contributed by atoms with Crippen LogP contribution in [0.4, 0.5) is 5.69 Å². The van der Waals surface area contributed by atoms with Crippen LogP contribution in [-0.2, 0) is 5.41 Å². The number of hydrogen-bond donors (Lipinski definition) is 0. The molecule has 1 heterocycles. The first-order chi connectivity index (χ1) is 13.7. The molecule has 0 saturated heterocycles. The van der Waals surface area contributed by atoms with Crippen LogP contribution in [0.2, 0.25) is 10.0 Å². The number of benzene rings is 3. The predicted molar refractivity (Wildman–Crippen MR) is 121 cm³/mol. The fraction of sp³-hybridized carbons (Fsp3) is 0.240. The van der Waals surface area contributed by atoms with Crippen LogP contribution in [0.5, 0.6) is 0 Å². The van der Waals surface area contributed by atoms with Crippen LogP contribution in [0.3, 0.4) is 0 Å². The van der Waals surface area contributed by atoms with Gasteiger partial charge in [-0.1, -0.05) is 72.6 Å². The highest BCUT2D eigenvalue weighted by molar-refractivity contribution is 6.35. The van der Waals surface area contributed by atoms with E-state index >= 15 is 0 Å². The Morgan fingerprint density at radius 1 is 0.862 bits per heavy atom. The molecular weight excluding hydrogens is 401 g/mol. The number of hydrogen-bond acceptors (Lipinski definition) is 1. The highest BCUT2D eigenvalue weighted by atomic mass is 35.5. The van der Waals surface area contributed by atoms with Gasteiger partial charge in [-0.05, 0) is 61.7 Å². The number of amides is 1. The first-order valence-electron chi connectivity index (χ1n) is 9.69. The van der Waals surface area contributed by atoms with Gasteiger partial charge in [0.1, 0.15) is 0 Å². The summed E-state index contributed by atoms with van der Waals surface area (Å²) in [5.74, 6) is 0.00676. The van der Waals surface area contributed by atoms with Crippen LogP contribution in [0.25, 0.3) is 0 Å². The summed E-state index contributed by atoms with van der Waals surface area (Å²) in [6.45, 7) is 6.44. The Morgan fingerprint density at radius 2 is 1.52 bits per heavy atom. The minimum absolute atomic E-state index is 0.00676. The molecule has 1 amide bonds. The number of carbonyl (C=O) groups is 1. The molecular formula is C25H23Cl2NO. The molecule has 4 heteroatoms. The van der Waals surface area contributed by atoms with E-state index in [0.29, 0.717) is 15.6 Å². The largest absolute Gasteiger partial charge is 0.302 e. The van der Waals surface area contributed by atoms with Gasteiger partial charge in [0.05, 0.1) is 0 Å². The monoisotopic (exact) mass is 423 g/mol. The molecule has 3 aromatic carbocycles. The minimum Gasteiger partial charge on any atom is -0.302 e. The third-order valence-corrected chi connectivity index (χ3v) is 6.43. The number of nitrogens with zero attached hydrogens (tertiary/aromatic N) is 1. The second kappa shape index (κ2) is 7.19. The van der Waals surface area contributed by atoms with Crippen molar-refractivity contribution in [1.29, 1.82) is 0 Å². The maximum absolute atomic E-state index is 13.5. The smallest absolute Gasteiger partial charge is 0.258 e. The summed E-state index contributed by atoms with van der Waals surface area (Å²) in [5, 5.41) is 1.26. The zero-order valence-corrected chi connectivity index (χ0v) is 18.3. The zero-order chi connectivity index (χ0) is 20.8. The molecule has 0 saturated carbocycles. The normalized spacial score (nSPS) is 20.2. The van der Waals surface area contributed by atoms with Gasteiger partial charge in [-0.3, -0.25) is 4.79 Å². The van der Waals surface area contributed by atoms with Gasteiger partial charge in [0.15, 0.2) is 0 Å². The molecule has 0 aliphatic carbocycles. The summed E-state index contributed by atoms with van der Waals surface area (Å²) < 4.78 is 0. The number of para-hydroxylation sites is 1. The average molecular weight is 424 g/mol. The molecule has 0 unspecified atom stereocenters. The van der Waals surface area contributed by atoms with E-state index in [2.05, 4.69) is 26.8 Å². The Balaban J connectivity index is 1.92. The van der Waals surface area contributed by atoms with Crippen molar-refractivity contribution in [3.8, 4) is 0 Å². The van der Waals surface area contributed by atoms with E-state index in [-0.39, 0.29) is 11.3 Å². The van der Waals surface area contributed by atoms with Crippen molar-refractivity contribution in [1.82, 2.24) is 0 Å². The van der Waals surface area contributed by atoms with E-state index in [4.69, 9.17) is 23.2 Å². The molecule has 1 aliphatic heterocycles. The lowest BCUT2D eigenvalue weighted by molar-refractivity contribution is 0.0949. The van der Waals surface area contributed by atoms with Gasteiger partial charge in [0, 0.05) is 32.3 Å². The molecule has 148 valence electrons. The fourth-order valence-corrected chi connectivity index (χ4v) is 5.39.